The number of carbonyl (C=O) groups excluding carboxylic acids is 2. The average molecular weight is 600 g/mol. The van der Waals surface area contributed by atoms with Crippen molar-refractivity contribution in [3.8, 4) is 0 Å². The van der Waals surface area contributed by atoms with Crippen LogP contribution in [0, 0.1) is 0 Å². The summed E-state index contributed by atoms with van der Waals surface area (Å²) < 4.78 is 80.7. The number of nitrogens with one attached hydrogen (secondary N) is 1. The van der Waals surface area contributed by atoms with Gasteiger partial charge in [-0.25, -0.2) is 0 Å². The van der Waals surface area contributed by atoms with Crippen molar-refractivity contribution in [1.82, 2.24) is 15.2 Å². The second-order valence-corrected chi connectivity index (χ2v) is 9.88. The Morgan fingerprint density at radius 1 is 0.860 bits per heavy atom. The van der Waals surface area contributed by atoms with Gasteiger partial charge in [-0.15, -0.1) is 0 Å². The zero-order valence-corrected chi connectivity index (χ0v) is 22.9. The van der Waals surface area contributed by atoms with E-state index in [2.05, 4.69) is 10.3 Å². The lowest BCUT2D eigenvalue weighted by Gasteiger charge is -2.27. The second kappa shape index (κ2) is 13.1. The fourth-order valence-electron chi connectivity index (χ4n) is 4.49. The molecule has 0 fully saturated rings. The van der Waals surface area contributed by atoms with E-state index in [1.165, 1.54) is 19.2 Å². The molecular formula is C32H27F6N3O2. The van der Waals surface area contributed by atoms with Crippen molar-refractivity contribution in [2.24, 2.45) is 0 Å². The predicted molar refractivity (Wildman–Crippen MR) is 150 cm³/mol. The first-order valence-corrected chi connectivity index (χ1v) is 13.2. The maximum atomic E-state index is 13.4. The van der Waals surface area contributed by atoms with Crippen molar-refractivity contribution in [2.75, 3.05) is 13.6 Å². The topological polar surface area (TPSA) is 62.3 Å². The van der Waals surface area contributed by atoms with E-state index in [1.807, 2.05) is 42.5 Å². The molecule has 1 heterocycles. The molecule has 1 atom stereocenters. The summed E-state index contributed by atoms with van der Waals surface area (Å²) in [5, 5.41) is 4.56. The third kappa shape index (κ3) is 8.43. The van der Waals surface area contributed by atoms with Crippen LogP contribution in [0.4, 0.5) is 26.3 Å². The molecule has 224 valence electrons. The van der Waals surface area contributed by atoms with Crippen LogP contribution < -0.4 is 5.32 Å². The molecule has 43 heavy (non-hydrogen) atoms. The molecule has 0 aliphatic heterocycles. The summed E-state index contributed by atoms with van der Waals surface area (Å²) >= 11 is 0. The Morgan fingerprint density at radius 3 is 2.14 bits per heavy atom. The number of hydrogen-bond donors (Lipinski definition) is 1. The van der Waals surface area contributed by atoms with Gasteiger partial charge in [0, 0.05) is 43.5 Å². The molecule has 0 aliphatic rings. The van der Waals surface area contributed by atoms with Crippen LogP contribution in [0.5, 0.6) is 0 Å². The van der Waals surface area contributed by atoms with Crippen molar-refractivity contribution in [1.29, 1.82) is 0 Å². The van der Waals surface area contributed by atoms with Gasteiger partial charge in [-0.2, -0.15) is 26.3 Å². The Balaban J connectivity index is 1.61. The Labute approximate surface area is 243 Å². The number of halogens is 6. The summed E-state index contributed by atoms with van der Waals surface area (Å²) in [6.45, 7) is 0.273. The maximum Gasteiger partial charge on any atom is 0.416 e. The second-order valence-electron chi connectivity index (χ2n) is 9.88. The third-order valence-electron chi connectivity index (χ3n) is 6.79. The monoisotopic (exact) mass is 599 g/mol. The van der Waals surface area contributed by atoms with Gasteiger partial charge in [0.1, 0.15) is 0 Å². The molecule has 0 saturated heterocycles. The van der Waals surface area contributed by atoms with E-state index in [9.17, 15) is 35.9 Å². The van der Waals surface area contributed by atoms with Crippen LogP contribution in [0.2, 0.25) is 0 Å². The molecule has 0 spiro atoms. The molecule has 0 aliphatic carbocycles. The number of likely N-dealkylation sites (N-methyl/N-ethyl adjacent to an activating group) is 1. The number of benzene rings is 3. The van der Waals surface area contributed by atoms with E-state index in [4.69, 9.17) is 0 Å². The number of carbonyl (C=O) groups is 2. The molecule has 1 unspecified atom stereocenters. The fourth-order valence-corrected chi connectivity index (χ4v) is 4.49. The van der Waals surface area contributed by atoms with Crippen LogP contribution in [0.25, 0.3) is 10.8 Å². The summed E-state index contributed by atoms with van der Waals surface area (Å²) in [5.74, 6) is -1.55. The Hall–Kier alpha value is -4.67. The fraction of sp³-hybridized carbons (Fsp3) is 0.219. The van der Waals surface area contributed by atoms with Gasteiger partial charge in [-0.1, -0.05) is 54.6 Å². The molecule has 3 aromatic carbocycles. The van der Waals surface area contributed by atoms with Gasteiger partial charge in [-0.05, 0) is 53.1 Å². The average Bonchev–Trinajstić information content (AvgIpc) is 2.98. The van der Waals surface area contributed by atoms with Crippen LogP contribution in [0.15, 0.2) is 97.2 Å². The van der Waals surface area contributed by atoms with Crippen molar-refractivity contribution in [3.63, 3.8) is 0 Å². The molecule has 5 nitrogen and oxygen atoms in total. The van der Waals surface area contributed by atoms with E-state index in [0.717, 1.165) is 26.9 Å². The molecule has 0 bridgehead atoms. The zero-order valence-electron chi connectivity index (χ0n) is 22.9. The standard InChI is InChI=1S/C32H27F6N3O2/c1-41(30(43)24-18-25(31(33,34)35)20-26(19-24)32(36,37)38)28(17-21-9-10-22-6-2-3-7-23(22)16-21)11-12-29(42)40-15-13-27-8-4-5-14-39-27/h2-12,14,16,18-20,28H,13,15,17H2,1H3,(H,40,42). The largest absolute Gasteiger partial charge is 0.416 e. The molecule has 0 radical (unpaired) electrons. The summed E-state index contributed by atoms with van der Waals surface area (Å²) in [6, 6.07) is 18.3. The van der Waals surface area contributed by atoms with Crippen molar-refractivity contribution in [3.05, 3.63) is 125 Å². The number of nitrogens with zero attached hydrogens (tertiary/aromatic N) is 2. The lowest BCUT2D eigenvalue weighted by Crippen LogP contribution is -2.38. The molecular weight excluding hydrogens is 572 g/mol. The van der Waals surface area contributed by atoms with Crippen LogP contribution in [0.1, 0.15) is 32.7 Å². The Kier molecular flexibility index (Phi) is 9.53. The summed E-state index contributed by atoms with van der Waals surface area (Å²) in [6.07, 6.45) is -5.38. The van der Waals surface area contributed by atoms with Crippen LogP contribution >= 0.6 is 0 Å². The minimum absolute atomic E-state index is 0.0292. The van der Waals surface area contributed by atoms with Crippen LogP contribution in [-0.4, -0.2) is 41.3 Å². The number of alkyl halides is 6. The highest BCUT2D eigenvalue weighted by molar-refractivity contribution is 5.95. The number of hydrogen-bond acceptors (Lipinski definition) is 3. The normalized spacial score (nSPS) is 12.8. The van der Waals surface area contributed by atoms with Crippen LogP contribution in [0.3, 0.4) is 0 Å². The number of amides is 2. The first-order chi connectivity index (χ1) is 20.3. The van der Waals surface area contributed by atoms with Crippen LogP contribution in [-0.2, 0) is 30.0 Å². The van der Waals surface area contributed by atoms with E-state index in [-0.39, 0.29) is 19.0 Å². The SMILES string of the molecule is CN(C(=O)c1cc(C(F)(F)F)cc(C(F)(F)F)c1)C(C=CC(=O)NCCc1ccccn1)Cc1ccc2ccccc2c1. The predicted octanol–water partition coefficient (Wildman–Crippen LogP) is 6.87. The summed E-state index contributed by atoms with van der Waals surface area (Å²) in [7, 11) is 1.27. The highest BCUT2D eigenvalue weighted by Crippen LogP contribution is 2.36. The number of rotatable bonds is 9. The number of pyridine rings is 1. The smallest absolute Gasteiger partial charge is 0.352 e. The number of aromatic nitrogens is 1. The van der Waals surface area contributed by atoms with Gasteiger partial charge >= 0.3 is 12.4 Å². The molecule has 4 rings (SSSR count). The minimum Gasteiger partial charge on any atom is -0.352 e. The zero-order chi connectivity index (χ0) is 31.2. The molecule has 2 amide bonds. The van der Waals surface area contributed by atoms with Crippen molar-refractivity contribution >= 4 is 22.6 Å². The molecule has 0 saturated carbocycles. The lowest BCUT2D eigenvalue weighted by atomic mass is 9.99. The quantitative estimate of drug-likeness (QED) is 0.169. The molecule has 4 aromatic rings. The Morgan fingerprint density at radius 2 is 1.51 bits per heavy atom. The minimum atomic E-state index is -5.10. The first kappa shape index (κ1) is 31.3. The summed E-state index contributed by atoms with van der Waals surface area (Å²) in [5.41, 5.74) is -2.45. The van der Waals surface area contributed by atoms with Gasteiger partial charge in [-0.3, -0.25) is 14.6 Å². The van der Waals surface area contributed by atoms with Gasteiger partial charge in [0.2, 0.25) is 5.91 Å². The number of fused-ring (bicyclic) bond motifs is 1. The van der Waals surface area contributed by atoms with Gasteiger partial charge in [0.05, 0.1) is 17.2 Å². The van der Waals surface area contributed by atoms with Crippen molar-refractivity contribution < 1.29 is 35.9 Å². The first-order valence-electron chi connectivity index (χ1n) is 13.2. The molecule has 11 heteroatoms. The van der Waals surface area contributed by atoms with Gasteiger partial charge in [0.15, 0.2) is 0 Å². The molecule has 1 aromatic heterocycles. The van der Waals surface area contributed by atoms with E-state index >= 15 is 0 Å². The highest BCUT2D eigenvalue weighted by Gasteiger charge is 2.38. The van der Waals surface area contributed by atoms with Gasteiger partial charge < -0.3 is 10.2 Å². The van der Waals surface area contributed by atoms with Gasteiger partial charge in [0.25, 0.3) is 5.91 Å². The highest BCUT2D eigenvalue weighted by atomic mass is 19.4. The Bertz CT molecular complexity index is 1580. The van der Waals surface area contributed by atoms with E-state index in [1.54, 1.807) is 24.4 Å². The van der Waals surface area contributed by atoms with E-state index < -0.39 is 46.9 Å². The van der Waals surface area contributed by atoms with Crippen molar-refractivity contribution in [2.45, 2.75) is 31.2 Å². The lowest BCUT2D eigenvalue weighted by molar-refractivity contribution is -0.143. The molecule has 1 N–H and O–H groups in total. The maximum absolute atomic E-state index is 13.4. The van der Waals surface area contributed by atoms with E-state index in [0.29, 0.717) is 18.6 Å². The third-order valence-corrected chi connectivity index (χ3v) is 6.79. The summed E-state index contributed by atoms with van der Waals surface area (Å²) in [4.78, 5) is 31.1.